The van der Waals surface area contributed by atoms with Crippen LogP contribution in [0.1, 0.15) is 31.9 Å². The average molecular weight is 300 g/mol. The van der Waals surface area contributed by atoms with Crippen LogP contribution in [0.15, 0.2) is 24.3 Å². The molecule has 0 aliphatic heterocycles. The zero-order valence-corrected chi connectivity index (χ0v) is 12.9. The Morgan fingerprint density at radius 3 is 2.60 bits per heavy atom. The summed E-state index contributed by atoms with van der Waals surface area (Å²) in [5.74, 6) is 0.0362. The highest BCUT2D eigenvalue weighted by Gasteiger charge is 2.21. The number of aliphatic hydroxyl groups is 1. The number of nitrogens with one attached hydrogen (secondary N) is 1. The van der Waals surface area contributed by atoms with E-state index in [0.717, 1.165) is 0 Å². The number of carbonyl (C=O) groups is 1. The maximum Gasteiger partial charge on any atom is 0.322 e. The first kappa shape index (κ1) is 17.0. The van der Waals surface area contributed by atoms with E-state index in [4.69, 9.17) is 16.3 Å². The molecule has 112 valence electrons. The Labute approximate surface area is 125 Å². The standard InChI is InChI=1S/C15H22ClNO3/c1-10(2)8-13(15(19)20-3)17-9-14(18)11-6-4-5-7-12(11)16/h4-7,10,13-14,17-18H,8-9H2,1-3H3. The van der Waals surface area contributed by atoms with E-state index in [2.05, 4.69) is 5.32 Å². The number of hydrogen-bond acceptors (Lipinski definition) is 4. The lowest BCUT2D eigenvalue weighted by molar-refractivity contribution is -0.143. The van der Waals surface area contributed by atoms with Gasteiger partial charge in [0.15, 0.2) is 0 Å². The summed E-state index contributed by atoms with van der Waals surface area (Å²) in [4.78, 5) is 11.7. The van der Waals surface area contributed by atoms with Gasteiger partial charge in [0.25, 0.3) is 0 Å². The molecule has 20 heavy (non-hydrogen) atoms. The van der Waals surface area contributed by atoms with E-state index in [1.165, 1.54) is 7.11 Å². The second-order valence-corrected chi connectivity index (χ2v) is 5.56. The molecule has 0 fully saturated rings. The average Bonchev–Trinajstić information content (AvgIpc) is 2.42. The van der Waals surface area contributed by atoms with E-state index < -0.39 is 12.1 Å². The van der Waals surface area contributed by atoms with Gasteiger partial charge in [0.05, 0.1) is 13.2 Å². The number of rotatable bonds is 7. The quantitative estimate of drug-likeness (QED) is 0.760. The Kier molecular flexibility index (Phi) is 6.99. The molecule has 0 radical (unpaired) electrons. The maximum atomic E-state index is 11.7. The molecule has 0 aliphatic carbocycles. The SMILES string of the molecule is COC(=O)C(CC(C)C)NCC(O)c1ccccc1Cl. The predicted octanol–water partition coefficient (Wildman–Crippen LogP) is 2.55. The highest BCUT2D eigenvalue weighted by molar-refractivity contribution is 6.31. The molecule has 0 saturated carbocycles. The van der Waals surface area contributed by atoms with Crippen LogP contribution in [0.25, 0.3) is 0 Å². The van der Waals surface area contributed by atoms with Gasteiger partial charge < -0.3 is 15.2 Å². The summed E-state index contributed by atoms with van der Waals surface area (Å²) in [6.07, 6.45) is -0.106. The van der Waals surface area contributed by atoms with Crippen LogP contribution < -0.4 is 5.32 Å². The largest absolute Gasteiger partial charge is 0.468 e. The second kappa shape index (κ2) is 8.25. The molecule has 0 spiro atoms. The molecular formula is C15H22ClNO3. The molecule has 5 heteroatoms. The van der Waals surface area contributed by atoms with Crippen LogP contribution in [0.4, 0.5) is 0 Å². The fourth-order valence-electron chi connectivity index (χ4n) is 1.99. The van der Waals surface area contributed by atoms with Crippen molar-refractivity contribution in [2.75, 3.05) is 13.7 Å². The molecule has 2 N–H and O–H groups in total. The van der Waals surface area contributed by atoms with Crippen molar-refractivity contribution in [3.05, 3.63) is 34.9 Å². The van der Waals surface area contributed by atoms with Crippen molar-refractivity contribution in [1.82, 2.24) is 5.32 Å². The Balaban J connectivity index is 2.63. The lowest BCUT2D eigenvalue weighted by Gasteiger charge is -2.21. The van der Waals surface area contributed by atoms with E-state index >= 15 is 0 Å². The molecule has 1 aromatic rings. The van der Waals surface area contributed by atoms with Crippen LogP contribution in [0.5, 0.6) is 0 Å². The zero-order chi connectivity index (χ0) is 15.1. The third kappa shape index (κ3) is 5.12. The molecule has 0 amide bonds. The van der Waals surface area contributed by atoms with E-state index in [0.29, 0.717) is 22.9 Å². The number of benzene rings is 1. The molecule has 0 aliphatic rings. The van der Waals surface area contributed by atoms with Gasteiger partial charge in [-0.1, -0.05) is 43.6 Å². The summed E-state index contributed by atoms with van der Waals surface area (Å²) >= 11 is 6.03. The number of halogens is 1. The number of ether oxygens (including phenoxy) is 1. The normalized spacial score (nSPS) is 14.1. The number of hydrogen-bond donors (Lipinski definition) is 2. The van der Waals surface area contributed by atoms with Crippen molar-refractivity contribution in [2.45, 2.75) is 32.4 Å². The van der Waals surface area contributed by atoms with Gasteiger partial charge in [-0.05, 0) is 18.4 Å². The van der Waals surface area contributed by atoms with Crippen LogP contribution in [0.3, 0.4) is 0 Å². The van der Waals surface area contributed by atoms with Crippen LogP contribution in [0, 0.1) is 5.92 Å². The monoisotopic (exact) mass is 299 g/mol. The van der Waals surface area contributed by atoms with E-state index in [-0.39, 0.29) is 12.5 Å². The fraction of sp³-hybridized carbons (Fsp3) is 0.533. The van der Waals surface area contributed by atoms with Gasteiger partial charge >= 0.3 is 5.97 Å². The Bertz CT molecular complexity index is 437. The summed E-state index contributed by atoms with van der Waals surface area (Å²) in [5, 5.41) is 13.7. The predicted molar refractivity (Wildman–Crippen MR) is 79.7 cm³/mol. The van der Waals surface area contributed by atoms with Crippen molar-refractivity contribution in [3.8, 4) is 0 Å². The Morgan fingerprint density at radius 1 is 1.40 bits per heavy atom. The molecule has 1 aromatic carbocycles. The second-order valence-electron chi connectivity index (χ2n) is 5.15. The highest BCUT2D eigenvalue weighted by atomic mass is 35.5. The summed E-state index contributed by atoms with van der Waals surface area (Å²) < 4.78 is 4.77. The Hall–Kier alpha value is -1.10. The van der Waals surface area contributed by atoms with Crippen molar-refractivity contribution in [2.24, 2.45) is 5.92 Å². The van der Waals surface area contributed by atoms with Crippen molar-refractivity contribution >= 4 is 17.6 Å². The van der Waals surface area contributed by atoms with Gasteiger partial charge in [0.1, 0.15) is 6.04 Å². The molecule has 2 atom stereocenters. The first-order valence-electron chi connectivity index (χ1n) is 6.69. The van der Waals surface area contributed by atoms with Crippen LogP contribution in [-0.2, 0) is 9.53 Å². The molecule has 0 bridgehead atoms. The minimum Gasteiger partial charge on any atom is -0.468 e. The molecule has 1 rings (SSSR count). The minimum atomic E-state index is -0.761. The van der Waals surface area contributed by atoms with Gasteiger partial charge in [-0.3, -0.25) is 4.79 Å². The van der Waals surface area contributed by atoms with Crippen LogP contribution in [-0.4, -0.2) is 30.8 Å². The van der Waals surface area contributed by atoms with Crippen molar-refractivity contribution in [3.63, 3.8) is 0 Å². The number of carbonyl (C=O) groups excluding carboxylic acids is 1. The van der Waals surface area contributed by atoms with Gasteiger partial charge in [-0.2, -0.15) is 0 Å². The number of methoxy groups -OCH3 is 1. The molecule has 2 unspecified atom stereocenters. The van der Waals surface area contributed by atoms with Gasteiger partial charge in [0.2, 0.25) is 0 Å². The van der Waals surface area contributed by atoms with Gasteiger partial charge in [0, 0.05) is 17.1 Å². The first-order chi connectivity index (χ1) is 9.45. The fourth-order valence-corrected chi connectivity index (χ4v) is 2.25. The lowest BCUT2D eigenvalue weighted by Crippen LogP contribution is -2.40. The molecule has 0 saturated heterocycles. The van der Waals surface area contributed by atoms with E-state index in [1.807, 2.05) is 26.0 Å². The summed E-state index contributed by atoms with van der Waals surface area (Å²) in [7, 11) is 1.36. The molecular weight excluding hydrogens is 278 g/mol. The highest BCUT2D eigenvalue weighted by Crippen LogP contribution is 2.22. The third-order valence-corrected chi connectivity index (χ3v) is 3.36. The lowest BCUT2D eigenvalue weighted by atomic mass is 10.0. The summed E-state index contributed by atoms with van der Waals surface area (Å²) in [6, 6.07) is 6.70. The van der Waals surface area contributed by atoms with Crippen molar-refractivity contribution in [1.29, 1.82) is 0 Å². The molecule has 4 nitrogen and oxygen atoms in total. The van der Waals surface area contributed by atoms with Crippen LogP contribution >= 0.6 is 11.6 Å². The van der Waals surface area contributed by atoms with Crippen LogP contribution in [0.2, 0.25) is 5.02 Å². The van der Waals surface area contributed by atoms with Gasteiger partial charge in [-0.25, -0.2) is 0 Å². The van der Waals surface area contributed by atoms with Gasteiger partial charge in [-0.15, -0.1) is 0 Å². The van der Waals surface area contributed by atoms with E-state index in [9.17, 15) is 9.90 Å². The summed E-state index contributed by atoms with van der Waals surface area (Å²) in [5.41, 5.74) is 0.648. The molecule has 0 aromatic heterocycles. The smallest absolute Gasteiger partial charge is 0.322 e. The first-order valence-corrected chi connectivity index (χ1v) is 7.07. The topological polar surface area (TPSA) is 58.6 Å². The summed E-state index contributed by atoms with van der Waals surface area (Å²) in [6.45, 7) is 4.31. The Morgan fingerprint density at radius 2 is 2.05 bits per heavy atom. The molecule has 0 heterocycles. The minimum absolute atomic E-state index is 0.246. The number of aliphatic hydroxyl groups excluding tert-OH is 1. The maximum absolute atomic E-state index is 11.7. The van der Waals surface area contributed by atoms with E-state index in [1.54, 1.807) is 12.1 Å². The van der Waals surface area contributed by atoms with Crippen molar-refractivity contribution < 1.29 is 14.6 Å². The number of esters is 1. The third-order valence-electron chi connectivity index (χ3n) is 3.01. The zero-order valence-electron chi connectivity index (χ0n) is 12.1.